The van der Waals surface area contributed by atoms with Crippen molar-refractivity contribution in [3.05, 3.63) is 59.2 Å². The average Bonchev–Trinajstić information content (AvgIpc) is 2.85. The van der Waals surface area contributed by atoms with Crippen LogP contribution in [0.15, 0.2) is 54.0 Å². The number of nitro groups is 1. The Hall–Kier alpha value is -1.52. The van der Waals surface area contributed by atoms with E-state index in [0.29, 0.717) is 12.8 Å². The summed E-state index contributed by atoms with van der Waals surface area (Å²) >= 11 is 6.48. The lowest BCUT2D eigenvalue weighted by Gasteiger charge is -2.40. The zero-order chi connectivity index (χ0) is 24.3. The van der Waals surface area contributed by atoms with Crippen LogP contribution in [-0.2, 0) is 14.4 Å². The van der Waals surface area contributed by atoms with Gasteiger partial charge in [-0.25, -0.2) is 8.42 Å². The number of nitrogens with zero attached hydrogens (tertiary/aromatic N) is 2. The second-order valence-electron chi connectivity index (χ2n) is 9.55. The fourth-order valence-corrected chi connectivity index (χ4v) is 6.57. The minimum Gasteiger partial charge on any atom is -0.414 e. The molecule has 0 radical (unpaired) electrons. The van der Waals surface area contributed by atoms with Gasteiger partial charge in [0.25, 0.3) is 5.69 Å². The number of alkyl halides is 1. The number of nitro benzene ring substituents is 1. The van der Waals surface area contributed by atoms with E-state index < -0.39 is 29.3 Å². The highest BCUT2D eigenvalue weighted by Gasteiger charge is 2.41. The Labute approximate surface area is 197 Å². The molecule has 2 rings (SSSR count). The third kappa shape index (κ3) is 6.29. The summed E-state index contributed by atoms with van der Waals surface area (Å²) in [5.74, 6) is 0. The Morgan fingerprint density at radius 2 is 1.84 bits per heavy atom. The van der Waals surface area contributed by atoms with Gasteiger partial charge in [-0.2, -0.15) is 4.31 Å². The third-order valence-corrected chi connectivity index (χ3v) is 12.9. The second-order valence-corrected chi connectivity index (χ2v) is 16.8. The lowest BCUT2D eigenvalue weighted by Crippen LogP contribution is -2.46. The molecule has 0 heterocycles. The van der Waals surface area contributed by atoms with Crippen LogP contribution in [0, 0.1) is 10.1 Å². The van der Waals surface area contributed by atoms with Crippen LogP contribution in [0.5, 0.6) is 0 Å². The SMILES string of the molecule is C=CCN([C@H]1C=C[C@@H](Cl)C[C@H](O[Si](C)(C)C(C)(C)C)C1)S(=O)(=O)c1ccc([N+](=O)[O-])cc1. The Morgan fingerprint density at radius 3 is 2.34 bits per heavy atom. The predicted molar refractivity (Wildman–Crippen MR) is 131 cm³/mol. The molecule has 10 heteroatoms. The quantitative estimate of drug-likeness (QED) is 0.155. The molecule has 178 valence electrons. The third-order valence-electron chi connectivity index (χ3n) is 6.14. The van der Waals surface area contributed by atoms with E-state index in [0.717, 1.165) is 0 Å². The molecule has 1 aliphatic carbocycles. The smallest absolute Gasteiger partial charge is 0.269 e. The van der Waals surface area contributed by atoms with E-state index in [2.05, 4.69) is 40.4 Å². The molecule has 0 fully saturated rings. The van der Waals surface area contributed by atoms with E-state index in [1.54, 1.807) is 0 Å². The number of non-ortho nitro benzene ring substituents is 1. The maximum absolute atomic E-state index is 13.5. The highest BCUT2D eigenvalue weighted by Crippen LogP contribution is 2.39. The van der Waals surface area contributed by atoms with Crippen LogP contribution in [0.25, 0.3) is 0 Å². The molecule has 1 aliphatic rings. The first-order chi connectivity index (χ1) is 14.7. The molecule has 0 N–H and O–H groups in total. The predicted octanol–water partition coefficient (Wildman–Crippen LogP) is 5.49. The lowest BCUT2D eigenvalue weighted by atomic mass is 10.1. The fourth-order valence-electron chi connectivity index (χ4n) is 3.34. The minimum atomic E-state index is -3.93. The average molecular weight is 501 g/mol. The van der Waals surface area contributed by atoms with Crippen LogP contribution in [0.3, 0.4) is 0 Å². The van der Waals surface area contributed by atoms with Crippen molar-refractivity contribution in [1.29, 1.82) is 0 Å². The number of hydrogen-bond donors (Lipinski definition) is 0. The largest absolute Gasteiger partial charge is 0.414 e. The number of benzene rings is 1. The van der Waals surface area contributed by atoms with Crippen molar-refractivity contribution in [3.8, 4) is 0 Å². The standard InChI is InChI=1S/C22H33ClN2O5SSi/c1-7-14-24(31(28,29)21-12-10-18(11-13-21)25(26)27)19-9-8-17(23)15-20(16-19)30-32(5,6)22(2,3)4/h7-13,17,19-20H,1,14-16H2,2-6H3/t17-,19+,20+/m1/s1. The van der Waals surface area contributed by atoms with Crippen LogP contribution in [-0.4, -0.2) is 50.0 Å². The van der Waals surface area contributed by atoms with E-state index in [4.69, 9.17) is 16.0 Å². The molecule has 1 aromatic carbocycles. The van der Waals surface area contributed by atoms with Crippen LogP contribution >= 0.6 is 11.6 Å². The highest BCUT2D eigenvalue weighted by atomic mass is 35.5. The molecule has 1 aromatic rings. The Balaban J connectivity index is 2.38. The van der Waals surface area contributed by atoms with E-state index in [1.807, 2.05) is 12.2 Å². The van der Waals surface area contributed by atoms with Crippen molar-refractivity contribution in [2.45, 2.75) is 74.2 Å². The van der Waals surface area contributed by atoms with Gasteiger partial charge in [-0.3, -0.25) is 10.1 Å². The maximum Gasteiger partial charge on any atom is 0.269 e. The number of halogens is 1. The molecule has 0 saturated heterocycles. The van der Waals surface area contributed by atoms with Crippen LogP contribution in [0.2, 0.25) is 18.1 Å². The van der Waals surface area contributed by atoms with Gasteiger partial charge >= 0.3 is 0 Å². The van der Waals surface area contributed by atoms with Gasteiger partial charge in [0.2, 0.25) is 10.0 Å². The topological polar surface area (TPSA) is 89.8 Å². The van der Waals surface area contributed by atoms with Crippen molar-refractivity contribution < 1.29 is 17.8 Å². The molecular weight excluding hydrogens is 468 g/mol. The first-order valence-corrected chi connectivity index (χ1v) is 15.3. The Kier molecular flexibility index (Phi) is 8.50. The van der Waals surface area contributed by atoms with E-state index in [9.17, 15) is 18.5 Å². The van der Waals surface area contributed by atoms with Gasteiger partial charge in [-0.1, -0.05) is 39.0 Å². The number of hydrogen-bond acceptors (Lipinski definition) is 5. The molecule has 32 heavy (non-hydrogen) atoms. The number of sulfonamides is 1. The van der Waals surface area contributed by atoms with E-state index in [-0.39, 0.29) is 33.6 Å². The van der Waals surface area contributed by atoms with E-state index >= 15 is 0 Å². The second kappa shape index (κ2) is 10.2. The minimum absolute atomic E-state index is 0.00751. The fraction of sp³-hybridized carbons (Fsp3) is 0.545. The monoisotopic (exact) mass is 500 g/mol. The molecule has 3 atom stereocenters. The first kappa shape index (κ1) is 26.7. The Morgan fingerprint density at radius 1 is 1.25 bits per heavy atom. The van der Waals surface area contributed by atoms with Crippen molar-refractivity contribution in [2.24, 2.45) is 0 Å². The zero-order valence-corrected chi connectivity index (χ0v) is 21.9. The van der Waals surface area contributed by atoms with Crippen molar-refractivity contribution in [1.82, 2.24) is 4.31 Å². The van der Waals surface area contributed by atoms with Crippen molar-refractivity contribution in [2.75, 3.05) is 6.54 Å². The molecule has 0 saturated carbocycles. The number of allylic oxidation sites excluding steroid dienone is 1. The van der Waals surface area contributed by atoms with Crippen molar-refractivity contribution in [3.63, 3.8) is 0 Å². The molecule has 0 aromatic heterocycles. The number of rotatable bonds is 8. The first-order valence-electron chi connectivity index (χ1n) is 10.6. The van der Waals surface area contributed by atoms with Gasteiger partial charge in [0.15, 0.2) is 8.32 Å². The van der Waals surface area contributed by atoms with Crippen molar-refractivity contribution >= 4 is 35.6 Å². The Bertz CT molecular complexity index is 958. The molecule has 0 aliphatic heterocycles. The summed E-state index contributed by atoms with van der Waals surface area (Å²) in [5, 5.41) is 10.7. The lowest BCUT2D eigenvalue weighted by molar-refractivity contribution is -0.384. The maximum atomic E-state index is 13.5. The summed E-state index contributed by atoms with van der Waals surface area (Å²) in [6.45, 7) is 14.6. The van der Waals surface area contributed by atoms with Gasteiger partial charge in [0.1, 0.15) is 0 Å². The van der Waals surface area contributed by atoms with Gasteiger partial charge in [-0.05, 0) is 43.1 Å². The summed E-state index contributed by atoms with van der Waals surface area (Å²) in [6, 6.07) is 4.43. The summed E-state index contributed by atoms with van der Waals surface area (Å²) in [4.78, 5) is 10.4. The van der Waals surface area contributed by atoms with Crippen LogP contribution in [0.4, 0.5) is 5.69 Å². The van der Waals surface area contributed by atoms with Crippen LogP contribution in [0.1, 0.15) is 33.6 Å². The van der Waals surface area contributed by atoms with Gasteiger partial charge in [-0.15, -0.1) is 18.2 Å². The summed E-state index contributed by atoms with van der Waals surface area (Å²) in [5.41, 5.74) is -0.165. The van der Waals surface area contributed by atoms with E-state index in [1.165, 1.54) is 34.6 Å². The van der Waals surface area contributed by atoms with Gasteiger partial charge in [0, 0.05) is 30.8 Å². The summed E-state index contributed by atoms with van der Waals surface area (Å²) < 4.78 is 34.9. The molecule has 0 amide bonds. The molecule has 7 nitrogen and oxygen atoms in total. The summed E-state index contributed by atoms with van der Waals surface area (Å²) in [7, 11) is -6.03. The van der Waals surface area contributed by atoms with Gasteiger partial charge in [0.05, 0.1) is 15.2 Å². The normalized spacial score (nSPS) is 22.5. The van der Waals surface area contributed by atoms with Crippen LogP contribution < -0.4 is 0 Å². The van der Waals surface area contributed by atoms with Gasteiger partial charge < -0.3 is 4.43 Å². The molecule has 0 unspecified atom stereocenters. The zero-order valence-electron chi connectivity index (χ0n) is 19.3. The molecular formula is C22H33ClN2O5SSi. The highest BCUT2D eigenvalue weighted by molar-refractivity contribution is 7.89. The molecule has 0 spiro atoms. The summed E-state index contributed by atoms with van der Waals surface area (Å²) in [6.07, 6.45) is 6.04. The molecule has 0 bridgehead atoms.